The molecule has 0 aromatic rings. The van der Waals surface area contributed by atoms with Crippen molar-refractivity contribution in [2.45, 2.75) is 52.7 Å². The SMILES string of the molecule is CC(C)CCC(C)N1C(=O)CNC1C. The molecule has 2 unspecified atom stereocenters. The molecule has 1 saturated heterocycles. The molecule has 1 heterocycles. The Kier molecular flexibility index (Phi) is 3.93. The third-order valence-corrected chi connectivity index (χ3v) is 2.89. The molecule has 1 rings (SSSR count). The van der Waals surface area contributed by atoms with Gasteiger partial charge in [0.15, 0.2) is 0 Å². The molecule has 0 aromatic heterocycles. The summed E-state index contributed by atoms with van der Waals surface area (Å²) in [6, 6.07) is 0.370. The third-order valence-electron chi connectivity index (χ3n) is 2.89. The van der Waals surface area contributed by atoms with Crippen molar-refractivity contribution in [2.24, 2.45) is 5.92 Å². The maximum absolute atomic E-state index is 11.5. The summed E-state index contributed by atoms with van der Waals surface area (Å²) in [4.78, 5) is 13.5. The zero-order valence-electron chi connectivity index (χ0n) is 9.71. The van der Waals surface area contributed by atoms with E-state index in [-0.39, 0.29) is 12.1 Å². The summed E-state index contributed by atoms with van der Waals surface area (Å²) in [5.74, 6) is 0.965. The van der Waals surface area contributed by atoms with Crippen LogP contribution in [0.25, 0.3) is 0 Å². The number of nitrogens with one attached hydrogen (secondary N) is 1. The standard InChI is InChI=1S/C11H22N2O/c1-8(2)5-6-9(3)13-10(4)12-7-11(13)14/h8-10,12H,5-7H2,1-4H3. The van der Waals surface area contributed by atoms with Crippen molar-refractivity contribution in [3.8, 4) is 0 Å². The summed E-state index contributed by atoms with van der Waals surface area (Å²) < 4.78 is 0. The quantitative estimate of drug-likeness (QED) is 0.744. The Balaban J connectivity index is 2.42. The van der Waals surface area contributed by atoms with Crippen LogP contribution in [-0.4, -0.2) is 29.6 Å². The molecule has 0 radical (unpaired) electrons. The van der Waals surface area contributed by atoms with Gasteiger partial charge in [-0.15, -0.1) is 0 Å². The lowest BCUT2D eigenvalue weighted by molar-refractivity contribution is -0.129. The minimum Gasteiger partial charge on any atom is -0.324 e. The summed E-state index contributed by atoms with van der Waals surface area (Å²) in [6.07, 6.45) is 2.51. The number of hydrogen-bond acceptors (Lipinski definition) is 2. The maximum Gasteiger partial charge on any atom is 0.238 e. The molecular weight excluding hydrogens is 176 g/mol. The molecule has 0 aromatic carbocycles. The molecule has 0 saturated carbocycles. The summed E-state index contributed by atoms with van der Waals surface area (Å²) >= 11 is 0. The fraction of sp³-hybridized carbons (Fsp3) is 0.909. The van der Waals surface area contributed by atoms with Crippen molar-refractivity contribution in [1.29, 1.82) is 0 Å². The van der Waals surface area contributed by atoms with Gasteiger partial charge in [-0.3, -0.25) is 10.1 Å². The molecule has 3 nitrogen and oxygen atoms in total. The monoisotopic (exact) mass is 198 g/mol. The van der Waals surface area contributed by atoms with Crippen LogP contribution in [-0.2, 0) is 4.79 Å². The van der Waals surface area contributed by atoms with Gasteiger partial charge in [-0.2, -0.15) is 0 Å². The fourth-order valence-electron chi connectivity index (χ4n) is 1.98. The Morgan fingerprint density at radius 1 is 1.43 bits per heavy atom. The normalized spacial score (nSPS) is 24.8. The van der Waals surface area contributed by atoms with Crippen molar-refractivity contribution in [1.82, 2.24) is 10.2 Å². The van der Waals surface area contributed by atoms with Crippen molar-refractivity contribution in [3.63, 3.8) is 0 Å². The number of hydrogen-bond donors (Lipinski definition) is 1. The van der Waals surface area contributed by atoms with E-state index in [1.807, 2.05) is 4.90 Å². The van der Waals surface area contributed by atoms with E-state index in [9.17, 15) is 4.79 Å². The van der Waals surface area contributed by atoms with E-state index in [0.717, 1.165) is 12.3 Å². The average Bonchev–Trinajstić information content (AvgIpc) is 2.42. The van der Waals surface area contributed by atoms with Crippen molar-refractivity contribution in [3.05, 3.63) is 0 Å². The van der Waals surface area contributed by atoms with E-state index in [0.29, 0.717) is 12.6 Å². The number of nitrogens with zero attached hydrogens (tertiary/aromatic N) is 1. The van der Waals surface area contributed by atoms with Gasteiger partial charge in [-0.05, 0) is 32.6 Å². The van der Waals surface area contributed by atoms with Crippen LogP contribution in [0.15, 0.2) is 0 Å². The Morgan fingerprint density at radius 2 is 2.07 bits per heavy atom. The molecule has 3 heteroatoms. The first-order chi connectivity index (χ1) is 6.52. The van der Waals surface area contributed by atoms with Gasteiger partial charge in [0.25, 0.3) is 0 Å². The van der Waals surface area contributed by atoms with Crippen molar-refractivity contribution < 1.29 is 4.79 Å². The van der Waals surface area contributed by atoms with Crippen LogP contribution in [0.4, 0.5) is 0 Å². The van der Waals surface area contributed by atoms with Crippen LogP contribution in [0.1, 0.15) is 40.5 Å². The summed E-state index contributed by atoms with van der Waals surface area (Å²) in [5.41, 5.74) is 0. The molecule has 0 aliphatic carbocycles. The average molecular weight is 198 g/mol. The van der Waals surface area contributed by atoms with Gasteiger partial charge in [0.05, 0.1) is 12.7 Å². The Bertz CT molecular complexity index is 203. The smallest absolute Gasteiger partial charge is 0.238 e. The van der Waals surface area contributed by atoms with Crippen LogP contribution in [0.2, 0.25) is 0 Å². The molecule has 1 aliphatic heterocycles. The van der Waals surface area contributed by atoms with E-state index in [1.165, 1.54) is 6.42 Å². The summed E-state index contributed by atoms with van der Waals surface area (Å²) in [5, 5.41) is 3.16. The highest BCUT2D eigenvalue weighted by Gasteiger charge is 2.30. The minimum atomic E-state index is 0.213. The lowest BCUT2D eigenvalue weighted by atomic mass is 10.0. The van der Waals surface area contributed by atoms with Gasteiger partial charge >= 0.3 is 0 Å². The highest BCUT2D eigenvalue weighted by molar-refractivity contribution is 5.80. The Hall–Kier alpha value is -0.570. The predicted molar refractivity (Wildman–Crippen MR) is 57.8 cm³/mol. The first-order valence-corrected chi connectivity index (χ1v) is 5.57. The van der Waals surface area contributed by atoms with Crippen LogP contribution in [0, 0.1) is 5.92 Å². The van der Waals surface area contributed by atoms with Crippen molar-refractivity contribution in [2.75, 3.05) is 6.54 Å². The lowest BCUT2D eigenvalue weighted by Gasteiger charge is -2.28. The van der Waals surface area contributed by atoms with Gasteiger partial charge < -0.3 is 4.90 Å². The van der Waals surface area contributed by atoms with Crippen LogP contribution < -0.4 is 5.32 Å². The second kappa shape index (κ2) is 4.78. The predicted octanol–water partition coefficient (Wildman–Crippen LogP) is 1.59. The van der Waals surface area contributed by atoms with Gasteiger partial charge in [0.1, 0.15) is 0 Å². The van der Waals surface area contributed by atoms with E-state index in [2.05, 4.69) is 33.0 Å². The summed E-state index contributed by atoms with van der Waals surface area (Å²) in [6.45, 7) is 9.15. The van der Waals surface area contributed by atoms with Crippen LogP contribution >= 0.6 is 0 Å². The molecule has 2 atom stereocenters. The lowest BCUT2D eigenvalue weighted by Crippen LogP contribution is -2.41. The molecule has 1 amide bonds. The zero-order valence-corrected chi connectivity index (χ0v) is 9.71. The van der Waals surface area contributed by atoms with E-state index < -0.39 is 0 Å². The molecule has 0 bridgehead atoms. The van der Waals surface area contributed by atoms with Gasteiger partial charge in [0.2, 0.25) is 5.91 Å². The fourth-order valence-corrected chi connectivity index (χ4v) is 1.98. The summed E-state index contributed by atoms with van der Waals surface area (Å²) in [7, 11) is 0. The highest BCUT2D eigenvalue weighted by Crippen LogP contribution is 2.16. The van der Waals surface area contributed by atoms with Gasteiger partial charge in [-0.25, -0.2) is 0 Å². The van der Waals surface area contributed by atoms with Crippen molar-refractivity contribution >= 4 is 5.91 Å². The molecule has 1 aliphatic rings. The Morgan fingerprint density at radius 3 is 2.50 bits per heavy atom. The Labute approximate surface area is 86.9 Å². The molecule has 1 fully saturated rings. The van der Waals surface area contributed by atoms with Crippen LogP contribution in [0.3, 0.4) is 0 Å². The van der Waals surface area contributed by atoms with E-state index in [4.69, 9.17) is 0 Å². The first kappa shape index (κ1) is 11.5. The van der Waals surface area contributed by atoms with E-state index >= 15 is 0 Å². The molecular formula is C11H22N2O. The number of amides is 1. The highest BCUT2D eigenvalue weighted by atomic mass is 16.2. The largest absolute Gasteiger partial charge is 0.324 e. The minimum absolute atomic E-state index is 0.213. The number of rotatable bonds is 4. The topological polar surface area (TPSA) is 32.3 Å². The number of carbonyl (C=O) groups excluding carboxylic acids is 1. The molecule has 82 valence electrons. The second-order valence-corrected chi connectivity index (χ2v) is 4.68. The third kappa shape index (κ3) is 2.71. The van der Waals surface area contributed by atoms with Gasteiger partial charge in [-0.1, -0.05) is 13.8 Å². The van der Waals surface area contributed by atoms with Crippen LogP contribution in [0.5, 0.6) is 0 Å². The van der Waals surface area contributed by atoms with Gasteiger partial charge in [0, 0.05) is 6.04 Å². The van der Waals surface area contributed by atoms with E-state index in [1.54, 1.807) is 0 Å². The molecule has 0 spiro atoms. The zero-order chi connectivity index (χ0) is 10.7. The maximum atomic E-state index is 11.5. The second-order valence-electron chi connectivity index (χ2n) is 4.68. The first-order valence-electron chi connectivity index (χ1n) is 5.57. The molecule has 1 N–H and O–H groups in total. The molecule has 14 heavy (non-hydrogen) atoms. The number of carbonyl (C=O) groups is 1.